The smallest absolute Gasteiger partial charge is 0.324 e. The number of rotatable bonds is 3. The number of hydrogen-bond donors (Lipinski definition) is 1. The molecule has 4 nitrogen and oxygen atoms in total. The van der Waals surface area contributed by atoms with Gasteiger partial charge in [0.2, 0.25) is 0 Å². The molecule has 2 aliphatic heterocycles. The molecule has 0 aromatic heterocycles. The fourth-order valence-corrected chi connectivity index (χ4v) is 3.42. The van der Waals surface area contributed by atoms with Crippen molar-refractivity contribution in [2.24, 2.45) is 5.92 Å². The minimum atomic E-state index is -0.683. The third kappa shape index (κ3) is 3.11. The van der Waals surface area contributed by atoms with E-state index in [0.717, 1.165) is 25.9 Å². The fourth-order valence-electron chi connectivity index (χ4n) is 3.42. The highest BCUT2D eigenvalue weighted by molar-refractivity contribution is 5.79. The Hall–Kier alpha value is -0.610. The van der Waals surface area contributed by atoms with Crippen LogP contribution in [0.1, 0.15) is 52.4 Å². The van der Waals surface area contributed by atoms with Crippen LogP contribution in [0.5, 0.6) is 0 Å². The summed E-state index contributed by atoms with van der Waals surface area (Å²) in [5, 5.41) is 9.84. The Morgan fingerprint density at radius 1 is 1.26 bits per heavy atom. The fraction of sp³-hybridized carbons (Fsp3) is 0.933. The molecule has 4 heteroatoms. The molecule has 2 fully saturated rings. The summed E-state index contributed by atoms with van der Waals surface area (Å²) in [6.45, 7) is 6.66. The standard InChI is InChI=1S/C15H27NO3/c1-12(2)13-11-15(14(17)18,7-10-19-13)16-8-5-3-4-6-9-16/h12-13H,3-11H2,1-2H3,(H,17,18). The lowest BCUT2D eigenvalue weighted by molar-refractivity contribution is -0.165. The van der Waals surface area contributed by atoms with Gasteiger partial charge in [-0.05, 0) is 38.3 Å². The van der Waals surface area contributed by atoms with Gasteiger partial charge in [0.05, 0.1) is 6.10 Å². The quantitative estimate of drug-likeness (QED) is 0.855. The summed E-state index contributed by atoms with van der Waals surface area (Å²) in [6, 6.07) is 0. The van der Waals surface area contributed by atoms with E-state index < -0.39 is 11.5 Å². The molecule has 2 rings (SSSR count). The van der Waals surface area contributed by atoms with Crippen LogP contribution in [-0.2, 0) is 9.53 Å². The van der Waals surface area contributed by atoms with Crippen LogP contribution in [0.25, 0.3) is 0 Å². The Morgan fingerprint density at radius 3 is 2.42 bits per heavy atom. The second-order valence-electron chi connectivity index (χ2n) is 6.35. The molecule has 0 amide bonds. The predicted molar refractivity (Wildman–Crippen MR) is 74.2 cm³/mol. The molecule has 2 heterocycles. The Kier molecular flexibility index (Phi) is 4.85. The molecule has 0 aromatic carbocycles. The summed E-state index contributed by atoms with van der Waals surface area (Å²) in [5.41, 5.74) is -0.683. The average molecular weight is 269 g/mol. The SMILES string of the molecule is CC(C)C1CC(C(=O)O)(N2CCCCCC2)CCO1. The molecule has 0 spiro atoms. The predicted octanol–water partition coefficient (Wildman–Crippen LogP) is 2.52. The van der Waals surface area contributed by atoms with E-state index in [4.69, 9.17) is 4.74 Å². The number of aliphatic carboxylic acids is 1. The summed E-state index contributed by atoms with van der Waals surface area (Å²) in [6.07, 6.45) is 6.07. The molecule has 1 N–H and O–H groups in total. The van der Waals surface area contributed by atoms with Gasteiger partial charge in [-0.25, -0.2) is 0 Å². The van der Waals surface area contributed by atoms with Gasteiger partial charge >= 0.3 is 5.97 Å². The van der Waals surface area contributed by atoms with Gasteiger partial charge in [0.25, 0.3) is 0 Å². The molecule has 2 aliphatic rings. The zero-order chi connectivity index (χ0) is 13.9. The van der Waals surface area contributed by atoms with E-state index in [2.05, 4.69) is 18.7 Å². The van der Waals surface area contributed by atoms with E-state index in [9.17, 15) is 9.90 Å². The summed E-state index contributed by atoms with van der Waals surface area (Å²) in [5.74, 6) is -0.269. The van der Waals surface area contributed by atoms with E-state index in [1.54, 1.807) is 0 Å². The second kappa shape index (κ2) is 6.23. The van der Waals surface area contributed by atoms with Gasteiger partial charge < -0.3 is 9.84 Å². The van der Waals surface area contributed by atoms with Crippen LogP contribution < -0.4 is 0 Å². The third-order valence-corrected chi connectivity index (χ3v) is 4.74. The molecule has 0 radical (unpaired) electrons. The Labute approximate surface area is 116 Å². The maximum Gasteiger partial charge on any atom is 0.324 e. The van der Waals surface area contributed by atoms with Crippen molar-refractivity contribution in [1.82, 2.24) is 4.90 Å². The summed E-state index contributed by atoms with van der Waals surface area (Å²) < 4.78 is 5.78. The van der Waals surface area contributed by atoms with Crippen molar-refractivity contribution in [2.45, 2.75) is 64.0 Å². The lowest BCUT2D eigenvalue weighted by Crippen LogP contribution is -2.60. The van der Waals surface area contributed by atoms with Crippen molar-refractivity contribution < 1.29 is 14.6 Å². The van der Waals surface area contributed by atoms with Crippen molar-refractivity contribution in [3.63, 3.8) is 0 Å². The van der Waals surface area contributed by atoms with E-state index in [-0.39, 0.29) is 6.10 Å². The lowest BCUT2D eigenvalue weighted by Gasteiger charge is -2.46. The van der Waals surface area contributed by atoms with Gasteiger partial charge in [-0.1, -0.05) is 26.7 Å². The largest absolute Gasteiger partial charge is 0.480 e. The molecular formula is C15H27NO3. The zero-order valence-electron chi connectivity index (χ0n) is 12.2. The van der Waals surface area contributed by atoms with Crippen LogP contribution in [0.15, 0.2) is 0 Å². The van der Waals surface area contributed by atoms with E-state index in [1.807, 2.05) is 0 Å². The number of carbonyl (C=O) groups is 1. The molecule has 0 saturated carbocycles. The van der Waals surface area contributed by atoms with Gasteiger partial charge in [0.15, 0.2) is 0 Å². The molecule has 2 atom stereocenters. The van der Waals surface area contributed by atoms with Crippen molar-refractivity contribution in [1.29, 1.82) is 0 Å². The minimum absolute atomic E-state index is 0.0769. The number of nitrogens with zero attached hydrogens (tertiary/aromatic N) is 1. The van der Waals surface area contributed by atoms with E-state index >= 15 is 0 Å². The molecule has 19 heavy (non-hydrogen) atoms. The Balaban J connectivity index is 2.18. The minimum Gasteiger partial charge on any atom is -0.480 e. The summed E-state index contributed by atoms with van der Waals surface area (Å²) in [4.78, 5) is 14.2. The van der Waals surface area contributed by atoms with Gasteiger partial charge in [-0.3, -0.25) is 9.69 Å². The number of carboxylic acids is 1. The highest BCUT2D eigenvalue weighted by atomic mass is 16.5. The van der Waals surface area contributed by atoms with Crippen molar-refractivity contribution in [3.8, 4) is 0 Å². The second-order valence-corrected chi connectivity index (χ2v) is 6.35. The molecule has 0 aromatic rings. The molecular weight excluding hydrogens is 242 g/mol. The van der Waals surface area contributed by atoms with Gasteiger partial charge in [-0.15, -0.1) is 0 Å². The molecule has 0 bridgehead atoms. The van der Waals surface area contributed by atoms with Crippen LogP contribution in [0.3, 0.4) is 0 Å². The van der Waals surface area contributed by atoms with E-state index in [0.29, 0.717) is 25.4 Å². The van der Waals surface area contributed by atoms with Gasteiger partial charge in [0.1, 0.15) is 5.54 Å². The Bertz CT molecular complexity index is 311. The molecule has 0 aliphatic carbocycles. The van der Waals surface area contributed by atoms with Gasteiger partial charge in [-0.2, -0.15) is 0 Å². The van der Waals surface area contributed by atoms with Crippen molar-refractivity contribution in [2.75, 3.05) is 19.7 Å². The van der Waals surface area contributed by atoms with Crippen LogP contribution in [0.4, 0.5) is 0 Å². The monoisotopic (exact) mass is 269 g/mol. The summed E-state index contributed by atoms with van der Waals surface area (Å²) in [7, 11) is 0. The number of likely N-dealkylation sites (tertiary alicyclic amines) is 1. The van der Waals surface area contributed by atoms with Crippen LogP contribution in [0, 0.1) is 5.92 Å². The Morgan fingerprint density at radius 2 is 1.89 bits per heavy atom. The van der Waals surface area contributed by atoms with Crippen LogP contribution in [-0.4, -0.2) is 47.3 Å². The van der Waals surface area contributed by atoms with Crippen molar-refractivity contribution >= 4 is 5.97 Å². The number of ether oxygens (including phenoxy) is 1. The molecule has 110 valence electrons. The summed E-state index contributed by atoms with van der Waals surface area (Å²) >= 11 is 0. The zero-order valence-corrected chi connectivity index (χ0v) is 12.2. The first-order valence-corrected chi connectivity index (χ1v) is 7.66. The lowest BCUT2D eigenvalue weighted by atomic mass is 9.81. The topological polar surface area (TPSA) is 49.8 Å². The van der Waals surface area contributed by atoms with Crippen LogP contribution >= 0.6 is 0 Å². The van der Waals surface area contributed by atoms with Crippen molar-refractivity contribution in [3.05, 3.63) is 0 Å². The normalized spacial score (nSPS) is 34.2. The highest BCUT2D eigenvalue weighted by Gasteiger charge is 2.48. The molecule has 2 unspecified atom stereocenters. The third-order valence-electron chi connectivity index (χ3n) is 4.74. The molecule has 2 saturated heterocycles. The number of carboxylic acid groups (broad SMARTS) is 1. The van der Waals surface area contributed by atoms with E-state index in [1.165, 1.54) is 12.8 Å². The number of hydrogen-bond acceptors (Lipinski definition) is 3. The van der Waals surface area contributed by atoms with Gasteiger partial charge in [0, 0.05) is 13.0 Å². The maximum absolute atomic E-state index is 12.0. The highest BCUT2D eigenvalue weighted by Crippen LogP contribution is 2.35. The first-order valence-electron chi connectivity index (χ1n) is 7.66. The first-order chi connectivity index (χ1) is 9.06. The van der Waals surface area contributed by atoms with Crippen LogP contribution in [0.2, 0.25) is 0 Å². The average Bonchev–Trinajstić information content (AvgIpc) is 2.67. The first kappa shape index (κ1) is 14.8. The maximum atomic E-state index is 12.0.